The number of nitrogens with one attached hydrogen (secondary N) is 2. The second-order valence-corrected chi connectivity index (χ2v) is 7.27. The number of aromatic amines is 1. The van der Waals surface area contributed by atoms with Crippen LogP contribution in [0.25, 0.3) is 0 Å². The largest absolute Gasteiger partial charge is 0.363 e. The van der Waals surface area contributed by atoms with E-state index in [0.717, 1.165) is 18.5 Å². The molecule has 1 heterocycles. The summed E-state index contributed by atoms with van der Waals surface area (Å²) in [6, 6.07) is 2.57. The van der Waals surface area contributed by atoms with Crippen molar-refractivity contribution in [2.45, 2.75) is 49.2 Å². The Labute approximate surface area is 108 Å². The highest BCUT2D eigenvalue weighted by molar-refractivity contribution is 7.89. The lowest BCUT2D eigenvalue weighted by Crippen LogP contribution is -2.28. The molecule has 2 saturated carbocycles. The number of H-pyrrole nitrogens is 1. The highest BCUT2D eigenvalue weighted by atomic mass is 32.2. The van der Waals surface area contributed by atoms with Crippen molar-refractivity contribution in [3.05, 3.63) is 18.0 Å². The second kappa shape index (κ2) is 4.36. The third kappa shape index (κ3) is 2.46. The molecule has 0 saturated heterocycles. The Kier molecular flexibility index (Phi) is 2.96. The van der Waals surface area contributed by atoms with Crippen molar-refractivity contribution in [1.29, 1.82) is 0 Å². The van der Waals surface area contributed by atoms with Crippen LogP contribution in [0.2, 0.25) is 0 Å². The zero-order valence-corrected chi connectivity index (χ0v) is 11.3. The van der Waals surface area contributed by atoms with E-state index in [-0.39, 0.29) is 6.04 Å². The molecule has 0 aliphatic heterocycles. The molecule has 18 heavy (non-hydrogen) atoms. The average Bonchev–Trinajstić information content (AvgIpc) is 3.25. The minimum absolute atomic E-state index is 0.206. The Morgan fingerprint density at radius 2 is 2.11 bits per heavy atom. The molecule has 2 aliphatic rings. The van der Waals surface area contributed by atoms with Gasteiger partial charge < -0.3 is 10.3 Å². The molecule has 5 nitrogen and oxygen atoms in total. The lowest BCUT2D eigenvalue weighted by Gasteiger charge is -2.14. The van der Waals surface area contributed by atoms with E-state index in [1.807, 2.05) is 0 Å². The van der Waals surface area contributed by atoms with Crippen molar-refractivity contribution in [1.82, 2.24) is 14.6 Å². The normalized spacial score (nSPS) is 20.6. The van der Waals surface area contributed by atoms with Crippen molar-refractivity contribution >= 4 is 10.0 Å². The fourth-order valence-electron chi connectivity index (χ4n) is 2.01. The predicted octanol–water partition coefficient (Wildman–Crippen LogP) is 1.05. The molecular weight excluding hydrogens is 250 g/mol. The van der Waals surface area contributed by atoms with Crippen LogP contribution in [-0.2, 0) is 16.6 Å². The van der Waals surface area contributed by atoms with Gasteiger partial charge >= 0.3 is 0 Å². The van der Waals surface area contributed by atoms with Gasteiger partial charge in [0.1, 0.15) is 0 Å². The van der Waals surface area contributed by atoms with Crippen LogP contribution in [0.5, 0.6) is 0 Å². The number of sulfonamides is 1. The first-order valence-corrected chi connectivity index (χ1v) is 7.90. The summed E-state index contributed by atoms with van der Waals surface area (Å²) in [5, 5.41) is 3.36. The molecule has 3 rings (SSSR count). The van der Waals surface area contributed by atoms with Crippen molar-refractivity contribution in [2.24, 2.45) is 0 Å². The first kappa shape index (κ1) is 12.2. The van der Waals surface area contributed by atoms with Gasteiger partial charge in [-0.3, -0.25) is 0 Å². The number of aromatic nitrogens is 1. The van der Waals surface area contributed by atoms with Crippen LogP contribution >= 0.6 is 0 Å². The summed E-state index contributed by atoms with van der Waals surface area (Å²) in [6.07, 6.45) is 6.02. The minimum atomic E-state index is -3.30. The van der Waals surface area contributed by atoms with Crippen molar-refractivity contribution in [2.75, 3.05) is 7.05 Å². The smallest absolute Gasteiger partial charge is 0.244 e. The molecule has 1 aromatic heterocycles. The summed E-state index contributed by atoms with van der Waals surface area (Å²) in [5.41, 5.74) is 0.935. The number of hydrogen-bond acceptors (Lipinski definition) is 3. The fraction of sp³-hybridized carbons (Fsp3) is 0.667. The van der Waals surface area contributed by atoms with Gasteiger partial charge in [0.05, 0.1) is 4.90 Å². The summed E-state index contributed by atoms with van der Waals surface area (Å²) >= 11 is 0. The Morgan fingerprint density at radius 1 is 1.39 bits per heavy atom. The monoisotopic (exact) mass is 269 g/mol. The molecular formula is C12H19N3O2S. The van der Waals surface area contributed by atoms with E-state index in [9.17, 15) is 8.42 Å². The van der Waals surface area contributed by atoms with Gasteiger partial charge in [0, 0.05) is 37.6 Å². The van der Waals surface area contributed by atoms with Crippen LogP contribution in [0.3, 0.4) is 0 Å². The third-order valence-electron chi connectivity index (χ3n) is 3.61. The molecule has 0 aromatic carbocycles. The second-order valence-electron chi connectivity index (χ2n) is 5.27. The molecule has 100 valence electrons. The van der Waals surface area contributed by atoms with E-state index in [1.165, 1.54) is 17.1 Å². The number of rotatable bonds is 6. The van der Waals surface area contributed by atoms with Gasteiger partial charge in [-0.15, -0.1) is 0 Å². The van der Waals surface area contributed by atoms with Gasteiger partial charge in [-0.05, 0) is 31.7 Å². The van der Waals surface area contributed by atoms with Crippen molar-refractivity contribution in [3.63, 3.8) is 0 Å². The van der Waals surface area contributed by atoms with Crippen molar-refractivity contribution in [3.8, 4) is 0 Å². The zero-order valence-electron chi connectivity index (χ0n) is 10.5. The maximum atomic E-state index is 12.3. The van der Waals surface area contributed by atoms with Gasteiger partial charge in [-0.25, -0.2) is 8.42 Å². The third-order valence-corrected chi connectivity index (χ3v) is 5.50. The molecule has 2 aliphatic carbocycles. The van der Waals surface area contributed by atoms with E-state index in [2.05, 4.69) is 10.3 Å². The van der Waals surface area contributed by atoms with Crippen LogP contribution < -0.4 is 5.32 Å². The molecule has 2 N–H and O–H groups in total. The van der Waals surface area contributed by atoms with Crippen LogP contribution in [-0.4, -0.2) is 36.8 Å². The van der Waals surface area contributed by atoms with Gasteiger partial charge in [0.15, 0.2) is 0 Å². The van der Waals surface area contributed by atoms with Crippen LogP contribution in [0.4, 0.5) is 0 Å². The summed E-state index contributed by atoms with van der Waals surface area (Å²) in [6.45, 7) is 0.716. The summed E-state index contributed by atoms with van der Waals surface area (Å²) < 4.78 is 26.0. The lowest BCUT2D eigenvalue weighted by atomic mass is 10.4. The molecule has 1 aromatic rings. The van der Waals surface area contributed by atoms with Crippen LogP contribution in [0, 0.1) is 0 Å². The maximum absolute atomic E-state index is 12.3. The van der Waals surface area contributed by atoms with Gasteiger partial charge in [-0.1, -0.05) is 0 Å². The molecule has 0 amide bonds. The molecule has 0 atom stereocenters. The van der Waals surface area contributed by atoms with E-state index in [4.69, 9.17) is 0 Å². The SMILES string of the molecule is CN(C1CC1)S(=O)(=O)c1c[nH]c(CNC2CC2)c1. The molecule has 0 radical (unpaired) electrons. The van der Waals surface area contributed by atoms with Crippen LogP contribution in [0.1, 0.15) is 31.4 Å². The molecule has 2 fully saturated rings. The van der Waals surface area contributed by atoms with Gasteiger partial charge in [0.25, 0.3) is 0 Å². The minimum Gasteiger partial charge on any atom is -0.363 e. The van der Waals surface area contributed by atoms with E-state index >= 15 is 0 Å². The summed E-state index contributed by atoms with van der Waals surface area (Å²) in [7, 11) is -1.63. The van der Waals surface area contributed by atoms with Crippen molar-refractivity contribution < 1.29 is 8.42 Å². The Morgan fingerprint density at radius 3 is 2.72 bits per heavy atom. The van der Waals surface area contributed by atoms with E-state index < -0.39 is 10.0 Å². The first-order valence-electron chi connectivity index (χ1n) is 6.46. The van der Waals surface area contributed by atoms with Gasteiger partial charge in [0.2, 0.25) is 10.0 Å². The topological polar surface area (TPSA) is 65.2 Å². The van der Waals surface area contributed by atoms with E-state index in [0.29, 0.717) is 17.5 Å². The fourth-order valence-corrected chi connectivity index (χ4v) is 3.45. The Balaban J connectivity index is 1.70. The summed E-state index contributed by atoms with van der Waals surface area (Å²) in [5.74, 6) is 0. The Bertz CT molecular complexity index is 529. The van der Waals surface area contributed by atoms with Crippen LogP contribution in [0.15, 0.2) is 17.2 Å². The quantitative estimate of drug-likeness (QED) is 0.811. The number of nitrogens with zero attached hydrogens (tertiary/aromatic N) is 1. The maximum Gasteiger partial charge on any atom is 0.244 e. The highest BCUT2D eigenvalue weighted by Gasteiger charge is 2.35. The summed E-state index contributed by atoms with van der Waals surface area (Å²) in [4.78, 5) is 3.42. The molecule has 0 unspecified atom stereocenters. The van der Waals surface area contributed by atoms with E-state index in [1.54, 1.807) is 19.3 Å². The standard InChI is InChI=1S/C12H19N3O2S/c1-15(11-4-5-11)18(16,17)12-6-10(14-8-12)7-13-9-2-3-9/h6,8-9,11,13-14H,2-5,7H2,1H3. The molecule has 0 bridgehead atoms. The molecule has 0 spiro atoms. The average molecular weight is 269 g/mol. The zero-order chi connectivity index (χ0) is 12.8. The Hall–Kier alpha value is -0.850. The highest BCUT2D eigenvalue weighted by Crippen LogP contribution is 2.30. The lowest BCUT2D eigenvalue weighted by molar-refractivity contribution is 0.464. The molecule has 6 heteroatoms. The number of hydrogen-bond donors (Lipinski definition) is 2. The van der Waals surface area contributed by atoms with Gasteiger partial charge in [-0.2, -0.15) is 4.31 Å². The first-order chi connectivity index (χ1) is 8.57. The predicted molar refractivity (Wildman–Crippen MR) is 68.6 cm³/mol.